The number of rotatable bonds is 3. The third kappa shape index (κ3) is 2.02. The summed E-state index contributed by atoms with van der Waals surface area (Å²) in [4.78, 5) is 14.0. The van der Waals surface area contributed by atoms with Crippen molar-refractivity contribution in [2.75, 3.05) is 32.6 Å². The molecule has 1 unspecified atom stereocenters. The third-order valence-electron chi connectivity index (χ3n) is 4.76. The summed E-state index contributed by atoms with van der Waals surface area (Å²) in [6.07, 6.45) is 2.08. The van der Waals surface area contributed by atoms with Gasteiger partial charge in [-0.25, -0.2) is 8.42 Å². The van der Waals surface area contributed by atoms with Gasteiger partial charge in [0.25, 0.3) is 5.91 Å². The van der Waals surface area contributed by atoms with Crippen LogP contribution in [0.15, 0.2) is 16.7 Å². The molecule has 3 rings (SSSR count). The van der Waals surface area contributed by atoms with E-state index in [4.69, 9.17) is 9.15 Å². The molecule has 0 bridgehead atoms. The van der Waals surface area contributed by atoms with Crippen LogP contribution in [0.25, 0.3) is 0 Å². The van der Waals surface area contributed by atoms with Gasteiger partial charge in [-0.1, -0.05) is 0 Å². The minimum absolute atomic E-state index is 0.0259. The molecule has 0 N–H and O–H groups in total. The topological polar surface area (TPSA) is 76.8 Å². The van der Waals surface area contributed by atoms with E-state index in [9.17, 15) is 13.2 Å². The van der Waals surface area contributed by atoms with Gasteiger partial charge in [-0.2, -0.15) is 0 Å². The van der Waals surface area contributed by atoms with Gasteiger partial charge >= 0.3 is 0 Å². The minimum Gasteiger partial charge on any atom is -0.469 e. The van der Waals surface area contributed by atoms with Crippen LogP contribution in [0, 0.1) is 12.8 Å². The standard InChI is InChI=1S/C14H19NO5S/c1-10-12(3-5-20-10)13(16)15-8-14(9-15)11(7-19-2)4-6-21(14,17)18/h3,5,11H,4,6-9H2,1-2H3. The molecule has 3 heterocycles. The first kappa shape index (κ1) is 14.6. The number of ether oxygens (including phenoxy) is 1. The fourth-order valence-electron chi connectivity index (χ4n) is 3.43. The molecule has 7 heteroatoms. The van der Waals surface area contributed by atoms with Crippen LogP contribution in [-0.2, 0) is 14.6 Å². The zero-order valence-electron chi connectivity index (χ0n) is 12.2. The second-order valence-corrected chi connectivity index (χ2v) is 8.33. The predicted molar refractivity (Wildman–Crippen MR) is 75.8 cm³/mol. The molecule has 0 aliphatic carbocycles. The minimum atomic E-state index is -3.16. The quantitative estimate of drug-likeness (QED) is 0.827. The van der Waals surface area contributed by atoms with E-state index in [1.54, 1.807) is 25.0 Å². The molecular weight excluding hydrogens is 294 g/mol. The summed E-state index contributed by atoms with van der Waals surface area (Å²) in [5, 5.41) is 0. The van der Waals surface area contributed by atoms with Crippen molar-refractivity contribution in [1.29, 1.82) is 0 Å². The molecule has 0 saturated carbocycles. The average molecular weight is 313 g/mol. The molecule has 1 atom stereocenters. The van der Waals surface area contributed by atoms with Crippen LogP contribution in [0.3, 0.4) is 0 Å². The number of hydrogen-bond donors (Lipinski definition) is 0. The van der Waals surface area contributed by atoms with Crippen molar-refractivity contribution in [3.05, 3.63) is 23.7 Å². The van der Waals surface area contributed by atoms with E-state index in [1.165, 1.54) is 6.26 Å². The van der Waals surface area contributed by atoms with Crippen LogP contribution < -0.4 is 0 Å². The van der Waals surface area contributed by atoms with E-state index in [0.29, 0.717) is 24.4 Å². The number of aryl methyl sites for hydroxylation is 1. The third-order valence-corrected chi connectivity index (χ3v) is 7.36. The second kappa shape index (κ2) is 4.84. The van der Waals surface area contributed by atoms with Crippen molar-refractivity contribution in [2.45, 2.75) is 18.1 Å². The highest BCUT2D eigenvalue weighted by Crippen LogP contribution is 2.45. The van der Waals surface area contributed by atoms with E-state index in [0.717, 1.165) is 0 Å². The molecule has 2 aliphatic heterocycles. The Balaban J connectivity index is 1.79. The molecule has 116 valence electrons. The van der Waals surface area contributed by atoms with Gasteiger partial charge in [0.1, 0.15) is 10.5 Å². The van der Waals surface area contributed by atoms with Gasteiger partial charge in [-0.3, -0.25) is 4.79 Å². The zero-order chi connectivity index (χ0) is 15.3. The van der Waals surface area contributed by atoms with Crippen LogP contribution >= 0.6 is 0 Å². The van der Waals surface area contributed by atoms with Crippen LogP contribution in [0.5, 0.6) is 0 Å². The summed E-state index contributed by atoms with van der Waals surface area (Å²) in [6, 6.07) is 1.62. The first-order valence-electron chi connectivity index (χ1n) is 6.96. The Morgan fingerprint density at radius 2 is 2.24 bits per heavy atom. The number of carbonyl (C=O) groups excluding carboxylic acids is 1. The fraction of sp³-hybridized carbons (Fsp3) is 0.643. The molecule has 1 aromatic rings. The number of likely N-dealkylation sites (tertiary alicyclic amines) is 1. The lowest BCUT2D eigenvalue weighted by atomic mass is 9.83. The first-order chi connectivity index (χ1) is 9.91. The lowest BCUT2D eigenvalue weighted by Crippen LogP contribution is -2.68. The average Bonchev–Trinajstić information content (AvgIpc) is 2.90. The highest BCUT2D eigenvalue weighted by Gasteiger charge is 2.62. The van der Waals surface area contributed by atoms with Gasteiger partial charge < -0.3 is 14.1 Å². The fourth-order valence-corrected chi connectivity index (χ4v) is 5.83. The maximum Gasteiger partial charge on any atom is 0.257 e. The SMILES string of the molecule is COCC1CCS(=O)(=O)C12CN(C(=O)c1ccoc1C)C2. The number of carbonyl (C=O) groups is 1. The molecule has 1 amide bonds. The normalized spacial score (nSPS) is 26.0. The molecule has 21 heavy (non-hydrogen) atoms. The number of amides is 1. The van der Waals surface area contributed by atoms with Crippen molar-refractivity contribution in [1.82, 2.24) is 4.90 Å². The van der Waals surface area contributed by atoms with Gasteiger partial charge in [-0.15, -0.1) is 0 Å². The summed E-state index contributed by atoms with van der Waals surface area (Å²) >= 11 is 0. The number of furan rings is 1. The van der Waals surface area contributed by atoms with Crippen molar-refractivity contribution in [3.8, 4) is 0 Å². The highest BCUT2D eigenvalue weighted by atomic mass is 32.2. The first-order valence-corrected chi connectivity index (χ1v) is 8.61. The summed E-state index contributed by atoms with van der Waals surface area (Å²) < 4.78 is 34.2. The number of nitrogens with zero attached hydrogens (tertiary/aromatic N) is 1. The van der Waals surface area contributed by atoms with Crippen molar-refractivity contribution >= 4 is 15.7 Å². The van der Waals surface area contributed by atoms with E-state index < -0.39 is 14.6 Å². The van der Waals surface area contributed by atoms with Crippen LogP contribution in [-0.4, -0.2) is 56.5 Å². The molecule has 2 fully saturated rings. The zero-order valence-corrected chi connectivity index (χ0v) is 13.0. The maximum atomic E-state index is 12.4. The molecule has 2 aliphatic rings. The summed E-state index contributed by atoms with van der Waals surface area (Å²) in [5.74, 6) is 0.559. The molecular formula is C14H19NO5S. The molecule has 1 aromatic heterocycles. The molecule has 6 nitrogen and oxygen atoms in total. The summed E-state index contributed by atoms with van der Waals surface area (Å²) in [5.41, 5.74) is 0.503. The van der Waals surface area contributed by atoms with Gasteiger partial charge in [0.15, 0.2) is 9.84 Å². The van der Waals surface area contributed by atoms with Crippen LogP contribution in [0.2, 0.25) is 0 Å². The Labute approximate surface area is 124 Å². The second-order valence-electron chi connectivity index (χ2n) is 5.88. The predicted octanol–water partition coefficient (Wildman–Crippen LogP) is 0.864. The molecule has 1 spiro atoms. The van der Waals surface area contributed by atoms with Crippen molar-refractivity contribution in [2.24, 2.45) is 5.92 Å². The van der Waals surface area contributed by atoms with Crippen LogP contribution in [0.1, 0.15) is 22.5 Å². The lowest BCUT2D eigenvalue weighted by molar-refractivity contribution is 0.0335. The van der Waals surface area contributed by atoms with Gasteiger partial charge in [-0.05, 0) is 19.4 Å². The van der Waals surface area contributed by atoms with E-state index >= 15 is 0 Å². The Morgan fingerprint density at radius 1 is 1.52 bits per heavy atom. The summed E-state index contributed by atoms with van der Waals surface area (Å²) in [7, 11) is -1.59. The Kier molecular flexibility index (Phi) is 3.37. The number of methoxy groups -OCH3 is 1. The maximum absolute atomic E-state index is 12.4. The van der Waals surface area contributed by atoms with E-state index in [-0.39, 0.29) is 30.7 Å². The Hall–Kier alpha value is -1.34. The lowest BCUT2D eigenvalue weighted by Gasteiger charge is -2.49. The summed E-state index contributed by atoms with van der Waals surface area (Å²) in [6.45, 7) is 2.66. The van der Waals surface area contributed by atoms with E-state index in [1.807, 2.05) is 0 Å². The highest BCUT2D eigenvalue weighted by molar-refractivity contribution is 7.93. The van der Waals surface area contributed by atoms with Crippen LogP contribution in [0.4, 0.5) is 0 Å². The van der Waals surface area contributed by atoms with E-state index in [2.05, 4.69) is 0 Å². The van der Waals surface area contributed by atoms with Crippen molar-refractivity contribution in [3.63, 3.8) is 0 Å². The van der Waals surface area contributed by atoms with Gasteiger partial charge in [0.05, 0.1) is 24.2 Å². The van der Waals surface area contributed by atoms with Gasteiger partial charge in [0.2, 0.25) is 0 Å². The Bertz CT molecular complexity index is 657. The number of sulfone groups is 1. The molecule has 0 aromatic carbocycles. The Morgan fingerprint density at radius 3 is 2.81 bits per heavy atom. The van der Waals surface area contributed by atoms with Gasteiger partial charge in [0, 0.05) is 26.1 Å². The smallest absolute Gasteiger partial charge is 0.257 e. The monoisotopic (exact) mass is 313 g/mol. The largest absolute Gasteiger partial charge is 0.469 e. The molecule has 2 saturated heterocycles. The number of hydrogen-bond acceptors (Lipinski definition) is 5. The van der Waals surface area contributed by atoms with Crippen molar-refractivity contribution < 1.29 is 22.4 Å². The molecule has 0 radical (unpaired) electrons.